The van der Waals surface area contributed by atoms with Gasteiger partial charge in [-0.2, -0.15) is 0 Å². The monoisotopic (exact) mass is 484 g/mol. The lowest BCUT2D eigenvalue weighted by atomic mass is 10.1. The van der Waals surface area contributed by atoms with Crippen LogP contribution in [0.15, 0.2) is 115 Å². The average Bonchev–Trinajstić information content (AvgIpc) is 2.90. The zero-order valence-electron chi connectivity index (χ0n) is 19.5. The number of para-hydroxylation sites is 1. The van der Waals surface area contributed by atoms with Crippen LogP contribution in [0.2, 0.25) is 0 Å². The molecule has 176 valence electrons. The predicted octanol–water partition coefficient (Wildman–Crippen LogP) is 5.06. The molecule has 4 aromatic carbocycles. The molecular weight excluding hydrogens is 457 g/mol. The fraction of sp³-hybridized carbons (Fsp3) is 0.138. The first-order valence-electron chi connectivity index (χ1n) is 11.5. The van der Waals surface area contributed by atoms with Crippen LogP contribution in [0.3, 0.4) is 0 Å². The van der Waals surface area contributed by atoms with Gasteiger partial charge in [-0.15, -0.1) is 0 Å². The molecule has 4 rings (SSSR count). The maximum atomic E-state index is 13.8. The topological polar surface area (TPSA) is 69.4 Å². The molecular formula is C29H27NO4P+. The summed E-state index contributed by atoms with van der Waals surface area (Å²) in [4.78, 5) is 25.3. The third kappa shape index (κ3) is 4.87. The van der Waals surface area contributed by atoms with Crippen molar-refractivity contribution >= 4 is 34.8 Å². The van der Waals surface area contributed by atoms with E-state index >= 15 is 0 Å². The largest absolute Gasteiger partial charge is 0.463 e. The molecule has 5 nitrogen and oxygen atoms in total. The molecule has 0 spiro atoms. The Morgan fingerprint density at radius 1 is 0.771 bits per heavy atom. The summed E-state index contributed by atoms with van der Waals surface area (Å²) in [7, 11) is -2.66. The molecule has 0 aromatic heterocycles. The fourth-order valence-corrected chi connectivity index (χ4v) is 9.43. The average molecular weight is 485 g/mol. The van der Waals surface area contributed by atoms with Crippen molar-refractivity contribution in [2.75, 3.05) is 6.61 Å². The summed E-state index contributed by atoms with van der Waals surface area (Å²) in [6.07, 6.45) is 0.183. The zero-order chi connectivity index (χ0) is 24.7. The van der Waals surface area contributed by atoms with E-state index in [4.69, 9.17) is 4.74 Å². The van der Waals surface area contributed by atoms with Gasteiger partial charge in [0.15, 0.2) is 5.66 Å². The molecule has 0 heterocycles. The van der Waals surface area contributed by atoms with E-state index in [0.29, 0.717) is 5.56 Å². The Morgan fingerprint density at radius 3 is 1.63 bits per heavy atom. The molecule has 4 aromatic rings. The highest BCUT2D eigenvalue weighted by Gasteiger charge is 2.56. The molecule has 0 aliphatic carbocycles. The first-order valence-corrected chi connectivity index (χ1v) is 13.4. The van der Waals surface area contributed by atoms with Gasteiger partial charge in [-0.1, -0.05) is 72.8 Å². The van der Waals surface area contributed by atoms with Crippen molar-refractivity contribution in [3.8, 4) is 0 Å². The summed E-state index contributed by atoms with van der Waals surface area (Å²) in [5.41, 5.74) is -0.132. The Balaban J connectivity index is 2.06. The maximum Gasteiger partial charge on any atom is 0.348 e. The van der Waals surface area contributed by atoms with Gasteiger partial charge in [0.05, 0.1) is 11.5 Å². The second-order valence-electron chi connectivity index (χ2n) is 8.09. The first-order chi connectivity index (χ1) is 17.1. The minimum atomic E-state index is -2.66. The van der Waals surface area contributed by atoms with Gasteiger partial charge in [0.2, 0.25) is 0 Å². The Hall–Kier alpha value is -3.82. The maximum absolute atomic E-state index is 13.8. The SMILES string of the molecule is CCOC(=O)C(Cc1ccccc1[N+](=O)[O-])[P+](c1ccccc1)(c1ccccc1)c1ccccc1. The van der Waals surface area contributed by atoms with E-state index in [0.717, 1.165) is 15.9 Å². The van der Waals surface area contributed by atoms with Crippen molar-refractivity contribution in [2.24, 2.45) is 0 Å². The van der Waals surface area contributed by atoms with Crippen molar-refractivity contribution in [3.63, 3.8) is 0 Å². The van der Waals surface area contributed by atoms with E-state index in [1.54, 1.807) is 25.1 Å². The fourth-order valence-electron chi connectivity index (χ4n) is 4.66. The van der Waals surface area contributed by atoms with Gasteiger partial charge in [-0.05, 0) is 43.3 Å². The van der Waals surface area contributed by atoms with Crippen LogP contribution in [0.5, 0.6) is 0 Å². The van der Waals surface area contributed by atoms with Gasteiger partial charge in [-0.3, -0.25) is 10.1 Å². The number of nitro benzene ring substituents is 1. The molecule has 35 heavy (non-hydrogen) atoms. The third-order valence-corrected chi connectivity index (χ3v) is 10.8. The van der Waals surface area contributed by atoms with Crippen molar-refractivity contribution < 1.29 is 14.5 Å². The zero-order valence-corrected chi connectivity index (χ0v) is 20.4. The van der Waals surface area contributed by atoms with Crippen molar-refractivity contribution in [1.82, 2.24) is 0 Å². The van der Waals surface area contributed by atoms with Gasteiger partial charge in [0.1, 0.15) is 23.2 Å². The predicted molar refractivity (Wildman–Crippen MR) is 142 cm³/mol. The van der Waals surface area contributed by atoms with Crippen LogP contribution in [-0.4, -0.2) is 23.2 Å². The number of hydrogen-bond donors (Lipinski definition) is 0. The van der Waals surface area contributed by atoms with E-state index in [1.807, 2.05) is 54.6 Å². The van der Waals surface area contributed by atoms with Crippen molar-refractivity contribution in [3.05, 3.63) is 131 Å². The Bertz CT molecular complexity index is 1180. The quantitative estimate of drug-likeness (QED) is 0.144. The third-order valence-electron chi connectivity index (χ3n) is 6.12. The number of ether oxygens (including phenoxy) is 1. The minimum absolute atomic E-state index is 0.00841. The summed E-state index contributed by atoms with van der Waals surface area (Å²) in [6.45, 7) is 2.01. The first kappa shape index (κ1) is 24.3. The minimum Gasteiger partial charge on any atom is -0.463 e. The van der Waals surface area contributed by atoms with Gasteiger partial charge >= 0.3 is 5.97 Å². The van der Waals surface area contributed by atoms with Crippen LogP contribution < -0.4 is 15.9 Å². The highest BCUT2D eigenvalue weighted by atomic mass is 31.2. The molecule has 1 unspecified atom stereocenters. The Labute approximate surface area is 205 Å². The molecule has 0 saturated heterocycles. The van der Waals surface area contributed by atoms with Crippen LogP contribution in [0.4, 0.5) is 5.69 Å². The molecule has 0 N–H and O–H groups in total. The molecule has 1 atom stereocenters. The van der Waals surface area contributed by atoms with E-state index in [1.165, 1.54) is 6.07 Å². The molecule has 0 bridgehead atoms. The number of benzene rings is 4. The lowest BCUT2D eigenvalue weighted by molar-refractivity contribution is -0.385. The number of hydrogen-bond acceptors (Lipinski definition) is 4. The van der Waals surface area contributed by atoms with Gasteiger partial charge in [0.25, 0.3) is 5.69 Å². The lowest BCUT2D eigenvalue weighted by Gasteiger charge is -2.33. The molecule has 0 aliphatic heterocycles. The number of nitrogens with zero attached hydrogens (tertiary/aromatic N) is 1. The summed E-state index contributed by atoms with van der Waals surface area (Å²) in [6, 6.07) is 36.7. The van der Waals surface area contributed by atoms with Gasteiger partial charge in [-0.25, -0.2) is 4.79 Å². The molecule has 6 heteroatoms. The number of carbonyl (C=O) groups is 1. The molecule has 0 fully saturated rings. The van der Waals surface area contributed by atoms with Gasteiger partial charge < -0.3 is 4.74 Å². The highest BCUT2D eigenvalue weighted by Crippen LogP contribution is 2.61. The van der Waals surface area contributed by atoms with Crippen LogP contribution in [0.25, 0.3) is 0 Å². The van der Waals surface area contributed by atoms with Crippen LogP contribution in [0.1, 0.15) is 12.5 Å². The summed E-state index contributed by atoms with van der Waals surface area (Å²) in [5, 5.41) is 14.9. The lowest BCUT2D eigenvalue weighted by Crippen LogP contribution is -2.44. The van der Waals surface area contributed by atoms with E-state index < -0.39 is 12.9 Å². The highest BCUT2D eigenvalue weighted by molar-refractivity contribution is 7.96. The smallest absolute Gasteiger partial charge is 0.348 e. The van der Waals surface area contributed by atoms with Crippen LogP contribution in [-0.2, 0) is 16.0 Å². The Kier molecular flexibility index (Phi) is 7.69. The second kappa shape index (κ2) is 11.1. The number of esters is 1. The van der Waals surface area contributed by atoms with E-state index in [-0.39, 0.29) is 29.6 Å². The van der Waals surface area contributed by atoms with Crippen LogP contribution in [0, 0.1) is 10.1 Å². The molecule has 0 aliphatic rings. The number of nitro groups is 1. The van der Waals surface area contributed by atoms with Crippen LogP contribution >= 0.6 is 7.26 Å². The number of rotatable bonds is 9. The molecule has 0 radical (unpaired) electrons. The second-order valence-corrected chi connectivity index (χ2v) is 11.7. The normalized spacial score (nSPS) is 12.0. The van der Waals surface area contributed by atoms with E-state index in [2.05, 4.69) is 36.4 Å². The Morgan fingerprint density at radius 2 is 1.20 bits per heavy atom. The molecule has 0 saturated carbocycles. The number of carbonyl (C=O) groups excluding carboxylic acids is 1. The van der Waals surface area contributed by atoms with E-state index in [9.17, 15) is 14.9 Å². The summed E-state index contributed by atoms with van der Waals surface area (Å²) >= 11 is 0. The summed E-state index contributed by atoms with van der Waals surface area (Å²) < 4.78 is 5.67. The summed E-state index contributed by atoms with van der Waals surface area (Å²) in [5.74, 6) is -0.351. The standard InChI is InChI=1S/C29H27NO4P/c1-2-34-29(31)28(22-23-14-12-13-21-27(23)30(32)33)35(24-15-6-3-7-16-24,25-17-8-4-9-18-25)26-19-10-5-11-20-26/h3-21,28H,2,22H2,1H3/q+1. The van der Waals surface area contributed by atoms with Crippen molar-refractivity contribution in [1.29, 1.82) is 0 Å². The van der Waals surface area contributed by atoms with Gasteiger partial charge in [0, 0.05) is 18.1 Å². The van der Waals surface area contributed by atoms with Crippen molar-refractivity contribution in [2.45, 2.75) is 19.0 Å². The molecule has 0 amide bonds.